The first-order valence-electron chi connectivity index (χ1n) is 10.7. The van der Waals surface area contributed by atoms with Crippen LogP contribution in [-0.4, -0.2) is 22.9 Å². The van der Waals surface area contributed by atoms with Crippen molar-refractivity contribution in [3.8, 4) is 11.3 Å². The minimum Gasteiger partial charge on any atom is -0.311 e. The topological polar surface area (TPSA) is 42.0 Å². The maximum atomic E-state index is 12.9. The van der Waals surface area contributed by atoms with E-state index in [0.29, 0.717) is 41.6 Å². The third-order valence-electron chi connectivity index (χ3n) is 6.36. The quantitative estimate of drug-likeness (QED) is 0.652. The molecule has 1 aromatic carbocycles. The lowest BCUT2D eigenvalue weighted by atomic mass is 9.83. The maximum absolute atomic E-state index is 12.9. The van der Waals surface area contributed by atoms with Crippen molar-refractivity contribution in [2.75, 3.05) is 0 Å². The van der Waals surface area contributed by atoms with E-state index in [0.717, 1.165) is 49.8 Å². The molecule has 1 heterocycles. The van der Waals surface area contributed by atoms with Crippen molar-refractivity contribution in [3.63, 3.8) is 0 Å². The van der Waals surface area contributed by atoms with Crippen molar-refractivity contribution >= 4 is 5.78 Å². The third kappa shape index (κ3) is 5.09. The molecule has 2 aliphatic carbocycles. The van der Waals surface area contributed by atoms with Crippen LogP contribution < -0.4 is 5.32 Å². The summed E-state index contributed by atoms with van der Waals surface area (Å²) >= 11 is 0. The van der Waals surface area contributed by atoms with E-state index in [1.807, 2.05) is 12.1 Å². The van der Waals surface area contributed by atoms with E-state index < -0.39 is 11.7 Å². The van der Waals surface area contributed by atoms with E-state index in [2.05, 4.69) is 10.3 Å². The molecule has 1 N–H and O–H groups in total. The second-order valence-electron chi connectivity index (χ2n) is 8.79. The molecule has 30 heavy (non-hydrogen) atoms. The second-order valence-corrected chi connectivity index (χ2v) is 8.79. The lowest BCUT2D eigenvalue weighted by Crippen LogP contribution is -2.35. The van der Waals surface area contributed by atoms with Gasteiger partial charge in [-0.2, -0.15) is 13.2 Å². The van der Waals surface area contributed by atoms with Crippen LogP contribution >= 0.6 is 0 Å². The van der Waals surface area contributed by atoms with Crippen molar-refractivity contribution in [1.82, 2.24) is 10.3 Å². The number of nitrogens with one attached hydrogen (secondary N) is 1. The van der Waals surface area contributed by atoms with Crippen LogP contribution in [0.15, 0.2) is 42.6 Å². The van der Waals surface area contributed by atoms with Crippen molar-refractivity contribution in [2.45, 2.75) is 69.6 Å². The number of benzene rings is 1. The Hall–Kier alpha value is -2.21. The van der Waals surface area contributed by atoms with E-state index in [1.165, 1.54) is 6.07 Å². The predicted molar refractivity (Wildman–Crippen MR) is 110 cm³/mol. The van der Waals surface area contributed by atoms with Gasteiger partial charge in [0, 0.05) is 36.2 Å². The molecule has 0 unspecified atom stereocenters. The number of pyridine rings is 1. The molecule has 0 radical (unpaired) electrons. The molecule has 3 nitrogen and oxygen atoms in total. The molecule has 6 heteroatoms. The molecule has 2 saturated carbocycles. The van der Waals surface area contributed by atoms with Gasteiger partial charge in [0.15, 0.2) is 0 Å². The fraction of sp³-hybridized carbons (Fsp3) is 0.500. The number of Topliss-reactive ketones (excluding diaryl/α,β-unsaturated/α-hetero) is 1. The third-order valence-corrected chi connectivity index (χ3v) is 6.36. The van der Waals surface area contributed by atoms with Crippen LogP contribution in [0.1, 0.15) is 62.5 Å². The van der Waals surface area contributed by atoms with Crippen molar-refractivity contribution < 1.29 is 18.0 Å². The highest BCUT2D eigenvalue weighted by Crippen LogP contribution is 2.42. The van der Waals surface area contributed by atoms with E-state index >= 15 is 0 Å². The number of aromatic nitrogens is 1. The molecule has 160 valence electrons. The number of halogens is 3. The van der Waals surface area contributed by atoms with Gasteiger partial charge in [0.05, 0.1) is 11.3 Å². The summed E-state index contributed by atoms with van der Waals surface area (Å²) in [5.74, 6) is 1.25. The van der Waals surface area contributed by atoms with Crippen LogP contribution in [0.5, 0.6) is 0 Å². The van der Waals surface area contributed by atoms with Gasteiger partial charge in [-0.3, -0.25) is 4.98 Å². The van der Waals surface area contributed by atoms with Gasteiger partial charge < -0.3 is 10.1 Å². The predicted octanol–water partition coefficient (Wildman–Crippen LogP) is 5.75. The second kappa shape index (κ2) is 8.50. The number of alkyl halides is 3. The highest BCUT2D eigenvalue weighted by atomic mass is 19.4. The zero-order valence-electron chi connectivity index (χ0n) is 17.1. The normalized spacial score (nSPS) is 26.4. The molecule has 2 fully saturated rings. The SMILES string of the molecule is CC(=O)CC1CCC(N[C@H]2C[C@@H]2c2ccc(-c3cccc(C(F)(F)F)c3)nc2)CC1. The number of rotatable bonds is 6. The van der Waals surface area contributed by atoms with Gasteiger partial charge in [0.1, 0.15) is 5.78 Å². The van der Waals surface area contributed by atoms with Crippen LogP contribution in [0.2, 0.25) is 0 Å². The Balaban J connectivity index is 1.31. The van der Waals surface area contributed by atoms with E-state index in [4.69, 9.17) is 0 Å². The first-order chi connectivity index (χ1) is 14.3. The highest BCUT2D eigenvalue weighted by Gasteiger charge is 2.40. The molecule has 0 saturated heterocycles. The lowest BCUT2D eigenvalue weighted by molar-refractivity contribution is -0.137. The molecule has 2 aromatic rings. The summed E-state index contributed by atoms with van der Waals surface area (Å²) in [4.78, 5) is 15.7. The molecule has 1 aromatic heterocycles. The minimum atomic E-state index is -4.35. The lowest BCUT2D eigenvalue weighted by Gasteiger charge is -2.29. The smallest absolute Gasteiger partial charge is 0.311 e. The van der Waals surface area contributed by atoms with Crippen molar-refractivity contribution in [1.29, 1.82) is 0 Å². The summed E-state index contributed by atoms with van der Waals surface area (Å²) in [7, 11) is 0. The monoisotopic (exact) mass is 416 g/mol. The maximum Gasteiger partial charge on any atom is 0.416 e. The summed E-state index contributed by atoms with van der Waals surface area (Å²) in [6.45, 7) is 1.67. The molecule has 0 spiro atoms. The van der Waals surface area contributed by atoms with Gasteiger partial charge >= 0.3 is 6.18 Å². The Kier molecular flexibility index (Phi) is 5.96. The number of carbonyl (C=O) groups excluding carboxylic acids is 1. The summed E-state index contributed by atoms with van der Waals surface area (Å²) in [5.41, 5.74) is 1.51. The zero-order valence-corrected chi connectivity index (χ0v) is 17.1. The molecule has 0 bridgehead atoms. The molecular weight excluding hydrogens is 389 g/mol. The summed E-state index contributed by atoms with van der Waals surface area (Å²) in [6.07, 6.45) is 3.69. The Morgan fingerprint density at radius 2 is 1.90 bits per heavy atom. The molecule has 2 atom stereocenters. The van der Waals surface area contributed by atoms with Gasteiger partial charge in [-0.05, 0) is 68.7 Å². The first kappa shape index (κ1) is 21.0. The number of hydrogen-bond donors (Lipinski definition) is 1. The van der Waals surface area contributed by atoms with Gasteiger partial charge in [0.25, 0.3) is 0 Å². The standard InChI is InChI=1S/C24H27F3N2O/c1-15(30)11-16-5-8-20(9-6-16)29-23-13-21(23)18-7-10-22(28-14-18)17-3-2-4-19(12-17)24(25,26)27/h2-4,7,10,12,14,16,20-21,23,29H,5-6,8-9,11,13H2,1H3/t16?,20?,21-,23+/m1/s1. The van der Waals surface area contributed by atoms with Gasteiger partial charge in [-0.15, -0.1) is 0 Å². The largest absolute Gasteiger partial charge is 0.416 e. The molecule has 2 aliphatic rings. The van der Waals surface area contributed by atoms with E-state index in [-0.39, 0.29) is 5.78 Å². The van der Waals surface area contributed by atoms with Crippen LogP contribution in [0, 0.1) is 5.92 Å². The average molecular weight is 416 g/mol. The van der Waals surface area contributed by atoms with Crippen molar-refractivity contribution in [3.05, 3.63) is 53.7 Å². The highest BCUT2D eigenvalue weighted by molar-refractivity contribution is 5.75. The van der Waals surface area contributed by atoms with Crippen LogP contribution in [-0.2, 0) is 11.0 Å². The summed E-state index contributed by atoms with van der Waals surface area (Å²) in [6, 6.07) is 10.0. The number of ketones is 1. The van der Waals surface area contributed by atoms with Crippen molar-refractivity contribution in [2.24, 2.45) is 5.92 Å². The average Bonchev–Trinajstić information content (AvgIpc) is 3.48. The first-order valence-corrected chi connectivity index (χ1v) is 10.7. The number of nitrogens with zero attached hydrogens (tertiary/aromatic N) is 1. The Labute approximate surface area is 175 Å². The number of carbonyl (C=O) groups is 1. The zero-order chi connectivity index (χ0) is 21.3. The van der Waals surface area contributed by atoms with Gasteiger partial charge in [-0.1, -0.05) is 18.2 Å². The Morgan fingerprint density at radius 1 is 1.13 bits per heavy atom. The molecule has 0 amide bonds. The van der Waals surface area contributed by atoms with Gasteiger partial charge in [-0.25, -0.2) is 0 Å². The fourth-order valence-corrected chi connectivity index (χ4v) is 4.64. The number of hydrogen-bond acceptors (Lipinski definition) is 3. The Morgan fingerprint density at radius 3 is 2.53 bits per heavy atom. The summed E-state index contributed by atoms with van der Waals surface area (Å²) in [5, 5.41) is 3.75. The van der Waals surface area contributed by atoms with E-state index in [1.54, 1.807) is 19.2 Å². The Bertz CT molecular complexity index is 886. The van der Waals surface area contributed by atoms with Crippen LogP contribution in [0.25, 0.3) is 11.3 Å². The van der Waals surface area contributed by atoms with Crippen LogP contribution in [0.3, 0.4) is 0 Å². The fourth-order valence-electron chi connectivity index (χ4n) is 4.64. The van der Waals surface area contributed by atoms with E-state index in [9.17, 15) is 18.0 Å². The van der Waals surface area contributed by atoms with Gasteiger partial charge in [0.2, 0.25) is 0 Å². The summed E-state index contributed by atoms with van der Waals surface area (Å²) < 4.78 is 38.8. The minimum absolute atomic E-state index is 0.287. The molecule has 0 aliphatic heterocycles. The molecule has 4 rings (SSSR count). The molecular formula is C24H27F3N2O. The van der Waals surface area contributed by atoms with Crippen LogP contribution in [0.4, 0.5) is 13.2 Å².